The van der Waals surface area contributed by atoms with Crippen LogP contribution in [0.25, 0.3) is 11.1 Å². The summed E-state index contributed by atoms with van der Waals surface area (Å²) in [4.78, 5) is 18.7. The highest BCUT2D eigenvalue weighted by molar-refractivity contribution is 6.31. The van der Waals surface area contributed by atoms with Crippen LogP contribution >= 0.6 is 11.6 Å². The zero-order valence-corrected chi connectivity index (χ0v) is 13.0. The topological polar surface area (TPSA) is 58.4 Å². The molecule has 1 N–H and O–H groups in total. The van der Waals surface area contributed by atoms with E-state index in [1.165, 1.54) is 0 Å². The van der Waals surface area contributed by atoms with Crippen molar-refractivity contribution in [2.75, 3.05) is 16.8 Å². The molecule has 116 valence electrons. The van der Waals surface area contributed by atoms with Crippen molar-refractivity contribution >= 4 is 40.3 Å². The van der Waals surface area contributed by atoms with Crippen LogP contribution in [0.5, 0.6) is 0 Å². The van der Waals surface area contributed by atoms with Gasteiger partial charge >= 0.3 is 0 Å². The number of carbonyl (C=O) groups excluding carboxylic acids is 1. The molecule has 23 heavy (non-hydrogen) atoms. The molecule has 3 aromatic rings. The highest BCUT2D eigenvalue weighted by Gasteiger charge is 2.33. The Labute approximate surface area is 137 Å². The molecule has 0 bridgehead atoms. The summed E-state index contributed by atoms with van der Waals surface area (Å²) in [7, 11) is 0. The summed E-state index contributed by atoms with van der Waals surface area (Å²) in [6.07, 6.45) is 0.685. The maximum Gasteiger partial charge on any atom is 0.296 e. The lowest BCUT2D eigenvalue weighted by Crippen LogP contribution is -2.33. The van der Waals surface area contributed by atoms with Gasteiger partial charge in [-0.2, -0.15) is 4.98 Å². The van der Waals surface area contributed by atoms with Crippen LogP contribution in [0.15, 0.2) is 52.9 Å². The molecule has 0 radical (unpaired) electrons. The van der Waals surface area contributed by atoms with Crippen molar-refractivity contribution in [2.24, 2.45) is 0 Å². The quantitative estimate of drug-likeness (QED) is 0.797. The van der Waals surface area contributed by atoms with Crippen molar-refractivity contribution in [3.8, 4) is 0 Å². The molecule has 5 nitrogen and oxygen atoms in total. The number of fused-ring (bicyclic) bond motifs is 1. The molecule has 1 unspecified atom stereocenters. The van der Waals surface area contributed by atoms with Crippen molar-refractivity contribution in [1.82, 2.24) is 4.98 Å². The zero-order chi connectivity index (χ0) is 15.8. The number of hydrogen-bond donors (Lipinski definition) is 1. The summed E-state index contributed by atoms with van der Waals surface area (Å²) in [5.41, 5.74) is 2.28. The number of oxazole rings is 1. The number of halogens is 1. The van der Waals surface area contributed by atoms with Gasteiger partial charge in [0, 0.05) is 17.3 Å². The molecule has 1 atom stereocenters. The summed E-state index contributed by atoms with van der Waals surface area (Å²) in [5, 5.41) is 3.71. The summed E-state index contributed by atoms with van der Waals surface area (Å²) >= 11 is 6.00. The monoisotopic (exact) mass is 327 g/mol. The van der Waals surface area contributed by atoms with E-state index < -0.39 is 0 Å². The number of anilines is 2. The number of hydrogen-bond acceptors (Lipinski definition) is 4. The smallest absolute Gasteiger partial charge is 0.296 e. The van der Waals surface area contributed by atoms with Gasteiger partial charge in [0.15, 0.2) is 5.58 Å². The molecule has 6 heteroatoms. The fraction of sp³-hybridized carbons (Fsp3) is 0.176. The van der Waals surface area contributed by atoms with Crippen LogP contribution in [-0.4, -0.2) is 23.5 Å². The van der Waals surface area contributed by atoms with Crippen molar-refractivity contribution in [3.05, 3.63) is 53.6 Å². The third-order valence-corrected chi connectivity index (χ3v) is 4.15. The van der Waals surface area contributed by atoms with Gasteiger partial charge in [0.1, 0.15) is 11.6 Å². The fourth-order valence-corrected chi connectivity index (χ4v) is 2.98. The first kappa shape index (κ1) is 14.1. The van der Waals surface area contributed by atoms with E-state index in [4.69, 9.17) is 16.0 Å². The van der Waals surface area contributed by atoms with E-state index in [-0.39, 0.29) is 11.9 Å². The Hall–Kier alpha value is -2.53. The number of nitrogens with one attached hydrogen (secondary N) is 1. The van der Waals surface area contributed by atoms with E-state index >= 15 is 0 Å². The molecule has 0 spiro atoms. The summed E-state index contributed by atoms with van der Waals surface area (Å²) in [5.74, 6) is -0.00507. The Morgan fingerprint density at radius 2 is 2.09 bits per heavy atom. The molecule has 1 aromatic heterocycles. The number of carbonyl (C=O) groups is 1. The molecule has 2 aromatic carbocycles. The Morgan fingerprint density at radius 3 is 2.91 bits per heavy atom. The number of aromatic nitrogens is 1. The molecule has 1 aliphatic heterocycles. The minimum absolute atomic E-state index is 0.00507. The van der Waals surface area contributed by atoms with E-state index in [2.05, 4.69) is 10.3 Å². The molecule has 1 fully saturated rings. The first-order chi connectivity index (χ1) is 11.2. The largest absolute Gasteiger partial charge is 0.424 e. The normalized spacial score (nSPS) is 17.9. The number of nitrogens with zero attached hydrogens (tertiary/aromatic N) is 2. The van der Waals surface area contributed by atoms with Gasteiger partial charge in [0.25, 0.3) is 6.01 Å². The van der Waals surface area contributed by atoms with Crippen LogP contribution in [0.3, 0.4) is 0 Å². The van der Waals surface area contributed by atoms with Crippen LogP contribution in [0, 0.1) is 0 Å². The summed E-state index contributed by atoms with van der Waals surface area (Å²) in [6.45, 7) is 0.636. The lowest BCUT2D eigenvalue weighted by atomic mass is 10.2. The van der Waals surface area contributed by atoms with Crippen LogP contribution in [0.2, 0.25) is 5.02 Å². The Balaban J connectivity index is 1.53. The van der Waals surface area contributed by atoms with Gasteiger partial charge in [-0.15, -0.1) is 0 Å². The molecule has 4 rings (SSSR count). The summed E-state index contributed by atoms with van der Waals surface area (Å²) in [6, 6.07) is 14.8. The number of rotatable bonds is 3. The van der Waals surface area contributed by atoms with Crippen molar-refractivity contribution in [1.29, 1.82) is 0 Å². The first-order valence-electron chi connectivity index (χ1n) is 7.40. The lowest BCUT2D eigenvalue weighted by molar-refractivity contribution is -0.117. The molecule has 1 aliphatic rings. The predicted molar refractivity (Wildman–Crippen MR) is 89.8 cm³/mol. The minimum atomic E-state index is -0.345. The summed E-state index contributed by atoms with van der Waals surface area (Å²) < 4.78 is 5.62. The SMILES string of the molecule is O=C1C(Nc2nc3ccccc3o2)CCN1c1cccc(Cl)c1. The number of benzene rings is 2. The molecule has 1 saturated heterocycles. The van der Waals surface area contributed by atoms with Crippen molar-refractivity contribution < 1.29 is 9.21 Å². The Morgan fingerprint density at radius 1 is 1.22 bits per heavy atom. The van der Waals surface area contributed by atoms with E-state index in [0.29, 0.717) is 29.6 Å². The highest BCUT2D eigenvalue weighted by atomic mass is 35.5. The molecule has 0 aliphatic carbocycles. The van der Waals surface area contributed by atoms with Crippen molar-refractivity contribution in [2.45, 2.75) is 12.5 Å². The molecular weight excluding hydrogens is 314 g/mol. The maximum atomic E-state index is 12.6. The van der Waals surface area contributed by atoms with Gasteiger partial charge in [0.2, 0.25) is 5.91 Å². The van der Waals surface area contributed by atoms with Gasteiger partial charge in [0.05, 0.1) is 0 Å². The minimum Gasteiger partial charge on any atom is -0.424 e. The predicted octanol–water partition coefficient (Wildman–Crippen LogP) is 3.70. The van der Waals surface area contributed by atoms with Gasteiger partial charge in [-0.3, -0.25) is 4.79 Å². The van der Waals surface area contributed by atoms with Crippen LogP contribution < -0.4 is 10.2 Å². The lowest BCUT2D eigenvalue weighted by Gasteiger charge is -2.17. The first-order valence-corrected chi connectivity index (χ1v) is 7.77. The van der Waals surface area contributed by atoms with E-state index in [1.54, 1.807) is 17.0 Å². The average molecular weight is 328 g/mol. The second-order valence-electron chi connectivity index (χ2n) is 5.44. The fourth-order valence-electron chi connectivity index (χ4n) is 2.80. The van der Waals surface area contributed by atoms with Crippen molar-refractivity contribution in [3.63, 3.8) is 0 Å². The van der Waals surface area contributed by atoms with E-state index in [9.17, 15) is 4.79 Å². The third-order valence-electron chi connectivity index (χ3n) is 3.92. The number of amides is 1. The molecule has 0 saturated carbocycles. The second-order valence-corrected chi connectivity index (χ2v) is 5.88. The number of para-hydroxylation sites is 2. The Kier molecular flexibility index (Phi) is 3.42. The maximum absolute atomic E-state index is 12.6. The van der Waals surface area contributed by atoms with E-state index in [1.807, 2.05) is 36.4 Å². The second kappa shape index (κ2) is 5.59. The van der Waals surface area contributed by atoms with Crippen LogP contribution in [-0.2, 0) is 4.79 Å². The molecule has 2 heterocycles. The molecular formula is C17H14ClN3O2. The van der Waals surface area contributed by atoms with Gasteiger partial charge < -0.3 is 14.6 Å². The van der Waals surface area contributed by atoms with Gasteiger partial charge in [-0.05, 0) is 36.8 Å². The van der Waals surface area contributed by atoms with Gasteiger partial charge in [-0.25, -0.2) is 0 Å². The van der Waals surface area contributed by atoms with Crippen LogP contribution in [0.4, 0.5) is 11.7 Å². The van der Waals surface area contributed by atoms with Crippen LogP contribution in [0.1, 0.15) is 6.42 Å². The highest BCUT2D eigenvalue weighted by Crippen LogP contribution is 2.26. The third kappa shape index (κ3) is 2.64. The molecule has 1 amide bonds. The zero-order valence-electron chi connectivity index (χ0n) is 12.2. The Bertz CT molecular complexity index is 844. The van der Waals surface area contributed by atoms with E-state index in [0.717, 1.165) is 11.2 Å². The average Bonchev–Trinajstić information content (AvgIpc) is 3.11. The van der Waals surface area contributed by atoms with Gasteiger partial charge in [-0.1, -0.05) is 29.8 Å². The standard InChI is InChI=1S/C17H14ClN3O2/c18-11-4-3-5-12(10-11)21-9-8-14(16(21)22)20-17-19-13-6-1-2-7-15(13)23-17/h1-7,10,14H,8-9H2,(H,19,20).